The Kier molecular flexibility index (Phi) is 4.95. The van der Waals surface area contributed by atoms with Gasteiger partial charge in [0.25, 0.3) is 0 Å². The summed E-state index contributed by atoms with van der Waals surface area (Å²) in [5.74, 6) is 2.04. The van der Waals surface area contributed by atoms with Crippen molar-refractivity contribution in [3.8, 4) is 5.75 Å². The summed E-state index contributed by atoms with van der Waals surface area (Å²) in [6.45, 7) is 5.44. The molecule has 3 heteroatoms. The molecule has 0 saturated heterocycles. The zero-order valence-electron chi connectivity index (χ0n) is 11.5. The normalized spacial score (nSPS) is 15.1. The molecule has 1 aromatic rings. The number of ether oxygens (including phenoxy) is 1. The fraction of sp³-hybridized carbons (Fsp3) is 0.600. The van der Waals surface area contributed by atoms with Gasteiger partial charge in [-0.05, 0) is 35.8 Å². The lowest BCUT2D eigenvalue weighted by Gasteiger charge is -2.12. The Morgan fingerprint density at radius 3 is 2.78 bits per heavy atom. The third-order valence-corrected chi connectivity index (χ3v) is 4.23. The quantitative estimate of drug-likeness (QED) is 0.814. The molecule has 0 aromatic heterocycles. The molecule has 2 rings (SSSR count). The lowest BCUT2D eigenvalue weighted by atomic mass is 10.1. The molecular weight excluding hydrogens is 242 g/mol. The SMILES string of the molecule is COc1ccc(CNC2CC2)cc1CSC(C)C. The predicted octanol–water partition coefficient (Wildman–Crippen LogP) is 3.59. The molecule has 1 aliphatic rings. The van der Waals surface area contributed by atoms with Gasteiger partial charge < -0.3 is 10.1 Å². The number of benzene rings is 1. The largest absolute Gasteiger partial charge is 0.496 e. The minimum absolute atomic E-state index is 0.656. The van der Waals surface area contributed by atoms with Gasteiger partial charge in [0.2, 0.25) is 0 Å². The predicted molar refractivity (Wildman–Crippen MR) is 79.3 cm³/mol. The van der Waals surface area contributed by atoms with Gasteiger partial charge in [0, 0.05) is 23.9 Å². The minimum Gasteiger partial charge on any atom is -0.496 e. The Hall–Kier alpha value is -0.670. The van der Waals surface area contributed by atoms with Crippen LogP contribution in [0, 0.1) is 0 Å². The molecule has 1 aromatic carbocycles. The molecule has 0 unspecified atom stereocenters. The van der Waals surface area contributed by atoms with Crippen LogP contribution < -0.4 is 10.1 Å². The van der Waals surface area contributed by atoms with E-state index in [-0.39, 0.29) is 0 Å². The van der Waals surface area contributed by atoms with Crippen molar-refractivity contribution in [2.24, 2.45) is 0 Å². The van der Waals surface area contributed by atoms with Gasteiger partial charge in [-0.2, -0.15) is 11.8 Å². The van der Waals surface area contributed by atoms with Crippen LogP contribution >= 0.6 is 11.8 Å². The maximum atomic E-state index is 5.44. The first-order valence-corrected chi connectivity index (χ1v) is 7.74. The van der Waals surface area contributed by atoms with E-state index in [1.54, 1.807) is 7.11 Å². The van der Waals surface area contributed by atoms with E-state index in [9.17, 15) is 0 Å². The van der Waals surface area contributed by atoms with Crippen molar-refractivity contribution in [2.45, 2.75) is 50.3 Å². The summed E-state index contributed by atoms with van der Waals surface area (Å²) in [6.07, 6.45) is 2.68. The summed E-state index contributed by atoms with van der Waals surface area (Å²) >= 11 is 1.96. The summed E-state index contributed by atoms with van der Waals surface area (Å²) in [5.41, 5.74) is 2.67. The van der Waals surface area contributed by atoms with E-state index < -0.39 is 0 Å². The molecule has 1 fully saturated rings. The van der Waals surface area contributed by atoms with E-state index in [0.29, 0.717) is 5.25 Å². The van der Waals surface area contributed by atoms with Crippen molar-refractivity contribution in [3.05, 3.63) is 29.3 Å². The van der Waals surface area contributed by atoms with E-state index in [1.165, 1.54) is 24.0 Å². The molecule has 0 heterocycles. The van der Waals surface area contributed by atoms with Crippen molar-refractivity contribution in [2.75, 3.05) is 7.11 Å². The number of methoxy groups -OCH3 is 1. The van der Waals surface area contributed by atoms with E-state index in [4.69, 9.17) is 4.74 Å². The molecule has 2 nitrogen and oxygen atoms in total. The Morgan fingerprint density at radius 2 is 2.17 bits per heavy atom. The molecule has 0 atom stereocenters. The van der Waals surface area contributed by atoms with Crippen LogP contribution in [0.15, 0.2) is 18.2 Å². The molecule has 18 heavy (non-hydrogen) atoms. The molecule has 1 aliphatic carbocycles. The zero-order valence-corrected chi connectivity index (χ0v) is 12.3. The fourth-order valence-corrected chi connectivity index (χ4v) is 2.60. The van der Waals surface area contributed by atoms with Gasteiger partial charge in [-0.3, -0.25) is 0 Å². The summed E-state index contributed by atoms with van der Waals surface area (Å²) in [7, 11) is 1.75. The first kappa shape index (κ1) is 13.8. The standard InChI is InChI=1S/C15H23NOS/c1-11(2)18-10-13-8-12(4-7-15(13)17-3)9-16-14-5-6-14/h4,7-8,11,14,16H,5-6,9-10H2,1-3H3. The van der Waals surface area contributed by atoms with E-state index in [1.807, 2.05) is 11.8 Å². The van der Waals surface area contributed by atoms with Crippen molar-refractivity contribution < 1.29 is 4.74 Å². The molecule has 100 valence electrons. The second-order valence-corrected chi connectivity index (χ2v) is 6.73. The van der Waals surface area contributed by atoms with Crippen LogP contribution in [0.2, 0.25) is 0 Å². The fourth-order valence-electron chi connectivity index (χ4n) is 1.86. The third-order valence-electron chi connectivity index (χ3n) is 3.09. The molecule has 0 spiro atoms. The van der Waals surface area contributed by atoms with Gasteiger partial charge >= 0.3 is 0 Å². The highest BCUT2D eigenvalue weighted by atomic mass is 32.2. The van der Waals surface area contributed by atoms with Gasteiger partial charge in [0.1, 0.15) is 5.75 Å². The summed E-state index contributed by atoms with van der Waals surface area (Å²) in [4.78, 5) is 0. The highest BCUT2D eigenvalue weighted by Gasteiger charge is 2.20. The average Bonchev–Trinajstić information content (AvgIpc) is 3.18. The summed E-state index contributed by atoms with van der Waals surface area (Å²) < 4.78 is 5.44. The number of hydrogen-bond donors (Lipinski definition) is 1. The van der Waals surface area contributed by atoms with E-state index in [2.05, 4.69) is 37.4 Å². The number of hydrogen-bond acceptors (Lipinski definition) is 3. The highest BCUT2D eigenvalue weighted by molar-refractivity contribution is 7.99. The first-order chi connectivity index (χ1) is 8.69. The summed E-state index contributed by atoms with van der Waals surface area (Å²) in [5, 5.41) is 4.21. The number of thioether (sulfide) groups is 1. The Bertz CT molecular complexity index is 388. The topological polar surface area (TPSA) is 21.3 Å². The number of rotatable bonds is 7. The first-order valence-electron chi connectivity index (χ1n) is 6.70. The van der Waals surface area contributed by atoms with Crippen molar-refractivity contribution in [1.29, 1.82) is 0 Å². The number of nitrogens with one attached hydrogen (secondary N) is 1. The van der Waals surface area contributed by atoms with Gasteiger partial charge in [-0.1, -0.05) is 19.9 Å². The Morgan fingerprint density at radius 1 is 1.39 bits per heavy atom. The van der Waals surface area contributed by atoms with Crippen molar-refractivity contribution >= 4 is 11.8 Å². The van der Waals surface area contributed by atoms with Gasteiger partial charge in [0.05, 0.1) is 7.11 Å². The van der Waals surface area contributed by atoms with Crippen molar-refractivity contribution in [1.82, 2.24) is 5.32 Å². The molecule has 1 saturated carbocycles. The smallest absolute Gasteiger partial charge is 0.122 e. The lowest BCUT2D eigenvalue weighted by molar-refractivity contribution is 0.411. The molecular formula is C15H23NOS. The lowest BCUT2D eigenvalue weighted by Crippen LogP contribution is -2.15. The van der Waals surface area contributed by atoms with Crippen molar-refractivity contribution in [3.63, 3.8) is 0 Å². The Balaban J connectivity index is 2.00. The van der Waals surface area contributed by atoms with Crippen LogP contribution in [0.1, 0.15) is 37.8 Å². The maximum Gasteiger partial charge on any atom is 0.122 e. The molecule has 0 radical (unpaired) electrons. The van der Waals surface area contributed by atoms with Crippen LogP contribution in [0.5, 0.6) is 5.75 Å². The van der Waals surface area contributed by atoms with E-state index in [0.717, 1.165) is 24.1 Å². The van der Waals surface area contributed by atoms with Gasteiger partial charge in [0.15, 0.2) is 0 Å². The van der Waals surface area contributed by atoms with Gasteiger partial charge in [-0.15, -0.1) is 0 Å². The monoisotopic (exact) mass is 265 g/mol. The third kappa shape index (κ3) is 4.21. The van der Waals surface area contributed by atoms with E-state index >= 15 is 0 Å². The van der Waals surface area contributed by atoms with Gasteiger partial charge in [-0.25, -0.2) is 0 Å². The van der Waals surface area contributed by atoms with Crippen LogP contribution in [-0.4, -0.2) is 18.4 Å². The second-order valence-electron chi connectivity index (χ2n) is 5.16. The second kappa shape index (κ2) is 6.48. The molecule has 0 amide bonds. The van der Waals surface area contributed by atoms with Crippen LogP contribution in [0.3, 0.4) is 0 Å². The highest BCUT2D eigenvalue weighted by Crippen LogP contribution is 2.27. The zero-order chi connectivity index (χ0) is 13.0. The van der Waals surface area contributed by atoms with Crippen LogP contribution in [0.25, 0.3) is 0 Å². The molecule has 0 aliphatic heterocycles. The average molecular weight is 265 g/mol. The Labute approximate surface area is 114 Å². The maximum absolute atomic E-state index is 5.44. The van der Waals surface area contributed by atoms with Crippen LogP contribution in [0.4, 0.5) is 0 Å². The summed E-state index contributed by atoms with van der Waals surface area (Å²) in [6, 6.07) is 7.31. The molecule has 1 N–H and O–H groups in total. The molecule has 0 bridgehead atoms. The minimum atomic E-state index is 0.656. The van der Waals surface area contributed by atoms with Crippen LogP contribution in [-0.2, 0) is 12.3 Å².